The number of carbonyl (C=O) groups is 1. The Morgan fingerprint density at radius 1 is 1.32 bits per heavy atom. The molecule has 1 rings (SSSR count). The maximum Gasteiger partial charge on any atom is 0.261 e. The predicted molar refractivity (Wildman–Crippen MR) is 72.5 cm³/mol. The number of rotatable bonds is 8. The van der Waals surface area contributed by atoms with E-state index in [1.807, 2.05) is 12.1 Å². The highest BCUT2D eigenvalue weighted by molar-refractivity contribution is 9.10. The smallest absolute Gasteiger partial charge is 0.261 e. The van der Waals surface area contributed by atoms with Crippen molar-refractivity contribution in [1.82, 2.24) is 5.32 Å². The molecule has 1 aromatic carbocycles. The summed E-state index contributed by atoms with van der Waals surface area (Å²) in [6.45, 7) is 0.0251. The van der Waals surface area contributed by atoms with Gasteiger partial charge >= 0.3 is 0 Å². The molecule has 0 atom stereocenters. The van der Waals surface area contributed by atoms with Crippen molar-refractivity contribution in [1.29, 1.82) is 0 Å². The Hall–Kier alpha value is -1.05. The van der Waals surface area contributed by atoms with Crippen molar-refractivity contribution in [3.8, 4) is 0 Å². The van der Waals surface area contributed by atoms with Crippen LogP contribution in [0.5, 0.6) is 0 Å². The van der Waals surface area contributed by atoms with Gasteiger partial charge in [-0.2, -0.15) is 0 Å². The predicted octanol–water partition coefficient (Wildman–Crippen LogP) is 2.26. The van der Waals surface area contributed by atoms with Crippen LogP contribution in [0, 0.1) is 0 Å². The first-order valence-electron chi connectivity index (χ1n) is 5.70. The molecule has 0 aromatic heterocycles. The molecular formula is C12H15BrF2N2O2. The molecule has 0 saturated carbocycles. The van der Waals surface area contributed by atoms with Crippen molar-refractivity contribution in [2.24, 2.45) is 0 Å². The van der Waals surface area contributed by atoms with E-state index in [0.29, 0.717) is 12.2 Å². The maximum atomic E-state index is 11.7. The highest BCUT2D eigenvalue weighted by atomic mass is 79.9. The molecule has 2 N–H and O–H groups in total. The summed E-state index contributed by atoms with van der Waals surface area (Å²) < 4.78 is 29.0. The number of nitrogens with one attached hydrogen (secondary N) is 2. The van der Waals surface area contributed by atoms with Gasteiger partial charge in [0.1, 0.15) is 6.61 Å². The molecule has 0 fully saturated rings. The molecule has 19 heavy (non-hydrogen) atoms. The fourth-order valence-electron chi connectivity index (χ4n) is 1.26. The lowest BCUT2D eigenvalue weighted by molar-refractivity contribution is -0.115. The third kappa shape index (κ3) is 7.86. The van der Waals surface area contributed by atoms with E-state index in [4.69, 9.17) is 0 Å². The van der Waals surface area contributed by atoms with Gasteiger partial charge in [-0.1, -0.05) is 15.9 Å². The van der Waals surface area contributed by atoms with Gasteiger partial charge in [-0.15, -0.1) is 0 Å². The van der Waals surface area contributed by atoms with E-state index >= 15 is 0 Å². The molecular weight excluding hydrogens is 322 g/mol. The minimum Gasteiger partial charge on any atom is -0.374 e. The first-order valence-corrected chi connectivity index (χ1v) is 6.49. The summed E-state index contributed by atoms with van der Waals surface area (Å²) in [7, 11) is 0. The zero-order chi connectivity index (χ0) is 14.1. The molecule has 106 valence electrons. The average molecular weight is 337 g/mol. The standard InChI is InChI=1S/C12H15BrF2N2O2/c13-9-1-3-10(4-2-9)17-12(18)7-16-5-6-19-8-11(14)15/h1-4,11,16H,5-8H2,(H,17,18). The van der Waals surface area contributed by atoms with Crippen molar-refractivity contribution in [3.05, 3.63) is 28.7 Å². The Morgan fingerprint density at radius 2 is 2.00 bits per heavy atom. The molecule has 7 heteroatoms. The summed E-state index contributed by atoms with van der Waals surface area (Å²) in [4.78, 5) is 11.5. The zero-order valence-electron chi connectivity index (χ0n) is 10.2. The molecule has 4 nitrogen and oxygen atoms in total. The van der Waals surface area contributed by atoms with Gasteiger partial charge in [0, 0.05) is 16.7 Å². The van der Waals surface area contributed by atoms with Crippen LogP contribution in [0.1, 0.15) is 0 Å². The third-order valence-corrected chi connectivity index (χ3v) is 2.61. The van der Waals surface area contributed by atoms with E-state index in [2.05, 4.69) is 31.3 Å². The van der Waals surface area contributed by atoms with E-state index in [0.717, 1.165) is 4.47 Å². The third-order valence-electron chi connectivity index (χ3n) is 2.08. The normalized spacial score (nSPS) is 10.7. The van der Waals surface area contributed by atoms with Crippen LogP contribution in [0.25, 0.3) is 0 Å². The van der Waals surface area contributed by atoms with Crippen molar-refractivity contribution in [2.45, 2.75) is 6.43 Å². The number of hydrogen-bond acceptors (Lipinski definition) is 3. The SMILES string of the molecule is O=C(CNCCOCC(F)F)Nc1ccc(Br)cc1. The summed E-state index contributed by atoms with van der Waals surface area (Å²) >= 11 is 3.30. The van der Waals surface area contributed by atoms with Crippen molar-refractivity contribution in [2.75, 3.05) is 31.6 Å². The van der Waals surface area contributed by atoms with Crippen molar-refractivity contribution >= 4 is 27.5 Å². The summed E-state index contributed by atoms with van der Waals surface area (Å²) in [5, 5.41) is 5.49. The van der Waals surface area contributed by atoms with Crippen molar-refractivity contribution in [3.63, 3.8) is 0 Å². The Labute approximate surface area is 118 Å². The second kappa shape index (κ2) is 8.95. The quantitative estimate of drug-likeness (QED) is 0.716. The van der Waals surface area contributed by atoms with Gasteiger partial charge in [-0.05, 0) is 24.3 Å². The van der Waals surface area contributed by atoms with Crippen LogP contribution in [0.15, 0.2) is 28.7 Å². The summed E-state index contributed by atoms with van der Waals surface area (Å²) in [6.07, 6.45) is -2.46. The fraction of sp³-hybridized carbons (Fsp3) is 0.417. The molecule has 0 spiro atoms. The Balaban J connectivity index is 2.09. The van der Waals surface area contributed by atoms with Crippen LogP contribution in [0.2, 0.25) is 0 Å². The summed E-state index contributed by atoms with van der Waals surface area (Å²) in [5.41, 5.74) is 0.698. The maximum absolute atomic E-state index is 11.7. The first kappa shape index (κ1) is 16.0. The Kier molecular flexibility index (Phi) is 7.54. The van der Waals surface area contributed by atoms with Gasteiger partial charge in [-0.25, -0.2) is 8.78 Å². The van der Waals surface area contributed by atoms with Crippen LogP contribution in [0.3, 0.4) is 0 Å². The van der Waals surface area contributed by atoms with Crippen LogP contribution < -0.4 is 10.6 Å². The molecule has 0 saturated heterocycles. The number of halogens is 3. The van der Waals surface area contributed by atoms with Gasteiger partial charge in [-0.3, -0.25) is 4.79 Å². The number of anilines is 1. The Bertz CT molecular complexity index is 388. The van der Waals surface area contributed by atoms with E-state index in [9.17, 15) is 13.6 Å². The molecule has 0 aliphatic carbocycles. The topological polar surface area (TPSA) is 50.4 Å². The average Bonchev–Trinajstić information content (AvgIpc) is 2.36. The monoisotopic (exact) mass is 336 g/mol. The second-order valence-corrected chi connectivity index (χ2v) is 4.61. The molecule has 0 aliphatic rings. The lowest BCUT2D eigenvalue weighted by atomic mass is 10.3. The summed E-state index contributed by atoms with van der Waals surface area (Å²) in [5.74, 6) is -0.198. The molecule has 1 aromatic rings. The van der Waals surface area contributed by atoms with E-state index in [1.54, 1.807) is 12.1 Å². The molecule has 0 bridgehead atoms. The van der Waals surface area contributed by atoms with Gasteiger partial charge < -0.3 is 15.4 Å². The van der Waals surface area contributed by atoms with E-state index < -0.39 is 13.0 Å². The van der Waals surface area contributed by atoms with Crippen LogP contribution >= 0.6 is 15.9 Å². The highest BCUT2D eigenvalue weighted by Crippen LogP contribution is 2.13. The second-order valence-electron chi connectivity index (χ2n) is 3.70. The number of benzene rings is 1. The lowest BCUT2D eigenvalue weighted by Gasteiger charge is -2.07. The minimum absolute atomic E-state index is 0.105. The van der Waals surface area contributed by atoms with E-state index in [1.165, 1.54) is 0 Å². The van der Waals surface area contributed by atoms with Gasteiger partial charge in [0.2, 0.25) is 5.91 Å². The molecule has 1 amide bonds. The number of ether oxygens (including phenoxy) is 1. The fourth-order valence-corrected chi connectivity index (χ4v) is 1.52. The van der Waals surface area contributed by atoms with Gasteiger partial charge in [0.05, 0.1) is 13.2 Å². The molecule has 0 unspecified atom stereocenters. The lowest BCUT2D eigenvalue weighted by Crippen LogP contribution is -2.30. The van der Waals surface area contributed by atoms with Crippen LogP contribution in [-0.2, 0) is 9.53 Å². The van der Waals surface area contributed by atoms with E-state index in [-0.39, 0.29) is 19.1 Å². The molecule has 0 radical (unpaired) electrons. The first-order chi connectivity index (χ1) is 9.08. The minimum atomic E-state index is -2.46. The highest BCUT2D eigenvalue weighted by Gasteiger charge is 2.03. The largest absolute Gasteiger partial charge is 0.374 e. The number of carbonyl (C=O) groups excluding carboxylic acids is 1. The number of amides is 1. The molecule has 0 aliphatic heterocycles. The summed E-state index contributed by atoms with van der Waals surface area (Å²) in [6, 6.07) is 7.18. The number of alkyl halides is 2. The molecule has 0 heterocycles. The van der Waals surface area contributed by atoms with Crippen LogP contribution in [-0.4, -0.2) is 38.6 Å². The van der Waals surface area contributed by atoms with Crippen molar-refractivity contribution < 1.29 is 18.3 Å². The zero-order valence-corrected chi connectivity index (χ0v) is 11.8. The number of hydrogen-bond donors (Lipinski definition) is 2. The van der Waals surface area contributed by atoms with Gasteiger partial charge in [0.25, 0.3) is 6.43 Å². The van der Waals surface area contributed by atoms with Crippen LogP contribution in [0.4, 0.5) is 14.5 Å². The van der Waals surface area contributed by atoms with Gasteiger partial charge in [0.15, 0.2) is 0 Å². The Morgan fingerprint density at radius 3 is 2.63 bits per heavy atom.